The van der Waals surface area contributed by atoms with Crippen molar-refractivity contribution in [3.63, 3.8) is 0 Å². The number of aliphatic hydroxyl groups is 12. The molecular formula is C48H83N5O26. The maximum Gasteiger partial charge on any atom is 0.217 e. The Balaban J connectivity index is 1.19. The van der Waals surface area contributed by atoms with Crippen molar-refractivity contribution in [3.05, 3.63) is 0 Å². The second-order valence-electron chi connectivity index (χ2n) is 20.7. The first-order valence-corrected chi connectivity index (χ1v) is 26.2. The highest BCUT2D eigenvalue weighted by Crippen LogP contribution is 2.33. The molecular weight excluding hydrogens is 1060 g/mol. The van der Waals surface area contributed by atoms with Crippen LogP contribution in [0.2, 0.25) is 0 Å². The third-order valence-corrected chi connectivity index (χ3v) is 15.0. The average molecular weight is 1150 g/mol. The summed E-state index contributed by atoms with van der Waals surface area (Å²) < 4.78 is 53.3. The molecule has 5 saturated heterocycles. The molecule has 5 aliphatic heterocycles. The molecule has 5 rings (SSSR count). The van der Waals surface area contributed by atoms with E-state index in [0.29, 0.717) is 0 Å². The second-order valence-corrected chi connectivity index (χ2v) is 20.7. The number of hydrogen-bond acceptors (Lipinski definition) is 26. The minimum atomic E-state index is -1.63. The van der Waals surface area contributed by atoms with Crippen LogP contribution >= 0.6 is 0 Å². The van der Waals surface area contributed by atoms with Crippen molar-refractivity contribution in [2.75, 3.05) is 85.9 Å². The summed E-state index contributed by atoms with van der Waals surface area (Å²) in [5.41, 5.74) is 0. The van der Waals surface area contributed by atoms with Gasteiger partial charge in [0.15, 0.2) is 6.29 Å². The quantitative estimate of drug-likeness (QED) is 0.0382. The van der Waals surface area contributed by atoms with Crippen molar-refractivity contribution in [2.24, 2.45) is 23.7 Å². The van der Waals surface area contributed by atoms with Crippen molar-refractivity contribution < 1.29 is 128 Å². The predicted molar refractivity (Wildman–Crippen MR) is 262 cm³/mol. The van der Waals surface area contributed by atoms with Crippen molar-refractivity contribution >= 4 is 29.5 Å². The summed E-state index contributed by atoms with van der Waals surface area (Å²) in [5, 5.41) is 141. The first kappa shape index (κ1) is 66.3. The Morgan fingerprint density at radius 1 is 0.304 bits per heavy atom. The van der Waals surface area contributed by atoms with Gasteiger partial charge in [0.05, 0.1) is 159 Å². The van der Waals surface area contributed by atoms with E-state index in [1.54, 1.807) is 0 Å². The summed E-state index contributed by atoms with van der Waals surface area (Å²) in [6.07, 6.45) is -20.6. The molecule has 0 bridgehead atoms. The zero-order chi connectivity index (χ0) is 58.4. The summed E-state index contributed by atoms with van der Waals surface area (Å²) >= 11 is 0. The maximum absolute atomic E-state index is 12.5. The molecule has 0 aliphatic carbocycles. The predicted octanol–water partition coefficient (Wildman–Crippen LogP) is -10.0. The normalized spacial score (nSPS) is 40.7. The lowest BCUT2D eigenvalue weighted by molar-refractivity contribution is -0.248. The van der Waals surface area contributed by atoms with E-state index in [0.717, 1.165) is 0 Å². The van der Waals surface area contributed by atoms with Gasteiger partial charge in [-0.15, -0.1) is 0 Å². The van der Waals surface area contributed by atoms with Gasteiger partial charge in [-0.25, -0.2) is 0 Å². The Kier molecular flexibility index (Phi) is 26.2. The van der Waals surface area contributed by atoms with Crippen LogP contribution in [0.3, 0.4) is 0 Å². The van der Waals surface area contributed by atoms with Gasteiger partial charge in [-0.05, 0) is 0 Å². The summed E-state index contributed by atoms with van der Waals surface area (Å²) in [4.78, 5) is 61.0. The van der Waals surface area contributed by atoms with Crippen LogP contribution in [0.5, 0.6) is 0 Å². The Hall–Kier alpha value is -3.49. The van der Waals surface area contributed by atoms with Crippen LogP contribution in [0, 0.1) is 23.7 Å². The summed E-state index contributed by atoms with van der Waals surface area (Å²) in [6.45, 7) is 0.0296. The molecule has 15 unspecified atom stereocenters. The zero-order valence-corrected chi connectivity index (χ0v) is 44.7. The molecule has 79 heavy (non-hydrogen) atoms. The molecule has 25 atom stereocenters. The van der Waals surface area contributed by atoms with E-state index in [-0.39, 0.29) is 52.9 Å². The van der Waals surface area contributed by atoms with Crippen molar-refractivity contribution in [1.29, 1.82) is 0 Å². The van der Waals surface area contributed by atoms with Crippen LogP contribution in [0.1, 0.15) is 34.6 Å². The van der Waals surface area contributed by atoms with Gasteiger partial charge in [0, 0.05) is 58.3 Å². The molecule has 5 aliphatic rings. The fourth-order valence-corrected chi connectivity index (χ4v) is 11.0. The summed E-state index contributed by atoms with van der Waals surface area (Å²) in [7, 11) is 0. The number of carbonyl (C=O) groups excluding carboxylic acids is 5. The molecule has 31 nitrogen and oxygen atoms in total. The fourth-order valence-electron chi connectivity index (χ4n) is 11.0. The second kappa shape index (κ2) is 31.2. The van der Waals surface area contributed by atoms with E-state index >= 15 is 0 Å². The summed E-state index contributed by atoms with van der Waals surface area (Å²) in [6, 6.07) is -5.90. The smallest absolute Gasteiger partial charge is 0.217 e. The minimum Gasteiger partial charge on any atom is -0.394 e. The number of amides is 5. The van der Waals surface area contributed by atoms with E-state index in [1.165, 1.54) is 34.6 Å². The number of ether oxygens (including phenoxy) is 9. The first-order valence-electron chi connectivity index (χ1n) is 26.2. The molecule has 0 aromatic heterocycles. The van der Waals surface area contributed by atoms with Crippen molar-refractivity contribution in [3.8, 4) is 0 Å². The maximum atomic E-state index is 12.5. The molecule has 456 valence electrons. The topological polar surface area (TPSA) is 471 Å². The van der Waals surface area contributed by atoms with E-state index in [4.69, 9.17) is 42.6 Å². The van der Waals surface area contributed by atoms with E-state index in [2.05, 4.69) is 26.6 Å². The van der Waals surface area contributed by atoms with Crippen LogP contribution < -0.4 is 26.6 Å². The third-order valence-electron chi connectivity index (χ3n) is 15.0. The number of aliphatic hydroxyl groups excluding tert-OH is 12. The number of carbonyl (C=O) groups is 5. The third kappa shape index (κ3) is 17.3. The minimum absolute atomic E-state index is 0.306. The molecule has 5 fully saturated rings. The van der Waals surface area contributed by atoms with Gasteiger partial charge >= 0.3 is 0 Å². The van der Waals surface area contributed by atoms with Gasteiger partial charge in [-0.2, -0.15) is 0 Å². The molecule has 17 N–H and O–H groups in total. The number of rotatable bonds is 26. The standard InChI is InChI=1S/C48H83N5O26/c1-19(59)49-37-33(15-72-12-25-29(7-55)77-35(39(43(25)65)51-21(3)61)17-74-14-27-31(9-57)79-48(70)41(45(27)67)53-23(5)63)75-28(6-54)24(42(37)64)11-71-16-34-38(50-20(2)60)44(66)26(30(8-56)76-34)13-73-18-36-40(52-22(4)62)47(69)46(68)32(10-58)78-36/h24-48,54-58,64-70H,6-18H2,1-5H3,(H,49,59)(H,50,60)(H,51,61)(H,52,62)(H,53,63)/t24-,25-,26-,27-,28?,29?,30?,31?,32?,33+,34+,35+,36+,37?,38?,39?,40?,41?,42?,43?,44?,45?,46-,47?,48-/m1/s1. The van der Waals surface area contributed by atoms with Crippen LogP contribution in [-0.4, -0.2) is 305 Å². The van der Waals surface area contributed by atoms with Gasteiger partial charge < -0.3 is 130 Å². The molecule has 5 heterocycles. The largest absolute Gasteiger partial charge is 0.394 e. The van der Waals surface area contributed by atoms with Gasteiger partial charge in [-0.1, -0.05) is 0 Å². The Bertz CT molecular complexity index is 1940. The molecule has 31 heteroatoms. The van der Waals surface area contributed by atoms with Gasteiger partial charge in [0.25, 0.3) is 0 Å². The Morgan fingerprint density at radius 2 is 0.532 bits per heavy atom. The van der Waals surface area contributed by atoms with Crippen molar-refractivity contribution in [2.45, 2.75) is 163 Å². The van der Waals surface area contributed by atoms with E-state index < -0.39 is 214 Å². The number of nitrogens with one attached hydrogen (secondary N) is 5. The Labute approximate surface area is 455 Å². The molecule has 5 amide bonds. The Morgan fingerprint density at radius 3 is 0.797 bits per heavy atom. The molecule has 0 saturated carbocycles. The molecule has 0 aromatic rings. The average Bonchev–Trinajstić information content (AvgIpc) is 3.39. The summed E-state index contributed by atoms with van der Waals surface area (Å²) in [5.74, 6) is -6.83. The van der Waals surface area contributed by atoms with Gasteiger partial charge in [0.2, 0.25) is 29.5 Å². The fraction of sp³-hybridized carbons (Fsp3) is 0.896. The molecule has 0 radical (unpaired) electrons. The van der Waals surface area contributed by atoms with Gasteiger partial charge in [0.1, 0.15) is 48.8 Å². The first-order chi connectivity index (χ1) is 37.5. The van der Waals surface area contributed by atoms with Crippen molar-refractivity contribution in [1.82, 2.24) is 26.6 Å². The zero-order valence-electron chi connectivity index (χ0n) is 44.7. The lowest BCUT2D eigenvalue weighted by atomic mass is 9.84. The molecule has 0 spiro atoms. The highest BCUT2D eigenvalue weighted by atomic mass is 16.6. The lowest BCUT2D eigenvalue weighted by Crippen LogP contribution is -2.65. The monoisotopic (exact) mass is 1150 g/mol. The van der Waals surface area contributed by atoms with Gasteiger partial charge in [-0.3, -0.25) is 24.0 Å². The highest BCUT2D eigenvalue weighted by Gasteiger charge is 2.51. The molecule has 0 aromatic carbocycles. The van der Waals surface area contributed by atoms with Crippen LogP contribution in [0.15, 0.2) is 0 Å². The highest BCUT2D eigenvalue weighted by molar-refractivity contribution is 5.75. The van der Waals surface area contributed by atoms with E-state index in [1.807, 2.05) is 0 Å². The van der Waals surface area contributed by atoms with E-state index in [9.17, 15) is 85.3 Å². The van der Waals surface area contributed by atoms with Crippen LogP contribution in [0.25, 0.3) is 0 Å². The lowest BCUT2D eigenvalue weighted by Gasteiger charge is -2.46. The van der Waals surface area contributed by atoms with Crippen LogP contribution in [0.4, 0.5) is 0 Å². The SMILES string of the molecule is CC(=O)NC1C(O)[C@H](COC[C@@H]2OC(CO)[C@@H](COC[C@@H]3OC(CO)[C@@H](COC[C@@H]4OC(CO)[C@@H](COC[C@@H]5OC(CO)[C@@H](O)C(O)C5NC(C)=O)C(O)C4NC(C)=O)C(O)C3NC(C)=O)C(O)C2NC(C)=O)C(CO)O[C@H]1O. The van der Waals surface area contributed by atoms with Crippen LogP contribution in [-0.2, 0) is 66.6 Å². The number of hydrogen-bond donors (Lipinski definition) is 17.